The van der Waals surface area contributed by atoms with Gasteiger partial charge in [-0.15, -0.1) is 0 Å². The molecular weight excluding hydrogens is 400 g/mol. The summed E-state index contributed by atoms with van der Waals surface area (Å²) in [5.74, 6) is -1.12. The van der Waals surface area contributed by atoms with Crippen LogP contribution >= 0.6 is 11.6 Å². The van der Waals surface area contributed by atoms with Crippen molar-refractivity contribution in [2.45, 2.75) is 18.7 Å². The quantitative estimate of drug-likeness (QED) is 0.590. The Morgan fingerprint density at radius 3 is 2.10 bits per heavy atom. The van der Waals surface area contributed by atoms with Gasteiger partial charge >= 0.3 is 0 Å². The number of carbonyl (C=O) groups excluding carboxylic acids is 2. The van der Waals surface area contributed by atoms with Gasteiger partial charge in [0.05, 0.1) is 18.3 Å². The number of rotatable bonds is 4. The summed E-state index contributed by atoms with van der Waals surface area (Å²) in [7, 11) is 0. The fraction of sp³-hybridized carbons (Fsp3) is 0.167. The molecule has 2 heterocycles. The van der Waals surface area contributed by atoms with E-state index in [0.29, 0.717) is 5.02 Å². The zero-order valence-electron chi connectivity index (χ0n) is 16.0. The van der Waals surface area contributed by atoms with Gasteiger partial charge in [0.1, 0.15) is 5.92 Å². The number of hydrogen-bond donors (Lipinski definition) is 0. The Kier molecular flexibility index (Phi) is 4.77. The van der Waals surface area contributed by atoms with Crippen molar-refractivity contribution in [3.05, 3.63) is 101 Å². The normalized spacial score (nSPS) is 23.2. The standard InChI is InChI=1S/C24H19ClN2O3/c25-18-11-13-19(14-12-18)27-21(17-9-5-2-6-10-17)20-22(30-27)24(29)26(23(20)28)15-16-7-3-1-4-8-16/h1-14,20-22H,15H2/t20-,21-,22-/m0/s1. The number of benzene rings is 3. The molecule has 3 aromatic carbocycles. The number of carbonyl (C=O) groups is 2. The molecule has 6 heteroatoms. The van der Waals surface area contributed by atoms with Gasteiger partial charge in [-0.25, -0.2) is 5.06 Å². The lowest BCUT2D eigenvalue weighted by Gasteiger charge is -2.28. The number of halogens is 1. The van der Waals surface area contributed by atoms with Gasteiger partial charge in [0, 0.05) is 5.02 Å². The van der Waals surface area contributed by atoms with Gasteiger partial charge in [0.2, 0.25) is 5.91 Å². The number of anilines is 1. The minimum absolute atomic E-state index is 0.209. The number of likely N-dealkylation sites (tertiary alicyclic amines) is 1. The molecule has 2 saturated heterocycles. The number of hydroxylamine groups is 1. The lowest BCUT2D eigenvalue weighted by molar-refractivity contribution is -0.143. The summed E-state index contributed by atoms with van der Waals surface area (Å²) in [4.78, 5) is 34.0. The van der Waals surface area contributed by atoms with Crippen molar-refractivity contribution in [2.75, 3.05) is 5.06 Å². The molecule has 150 valence electrons. The zero-order valence-corrected chi connectivity index (χ0v) is 16.8. The van der Waals surface area contributed by atoms with E-state index in [-0.39, 0.29) is 18.4 Å². The van der Waals surface area contributed by atoms with Crippen molar-refractivity contribution in [3.63, 3.8) is 0 Å². The van der Waals surface area contributed by atoms with Gasteiger partial charge in [0.15, 0.2) is 6.10 Å². The first-order valence-electron chi connectivity index (χ1n) is 9.79. The third-order valence-electron chi connectivity index (χ3n) is 5.61. The Hall–Kier alpha value is -3.15. The summed E-state index contributed by atoms with van der Waals surface area (Å²) in [6, 6.07) is 26.0. The summed E-state index contributed by atoms with van der Waals surface area (Å²) in [5, 5.41) is 2.28. The second kappa shape index (κ2) is 7.59. The first-order chi connectivity index (χ1) is 14.6. The average Bonchev–Trinajstić information content (AvgIpc) is 3.28. The van der Waals surface area contributed by atoms with E-state index in [1.165, 1.54) is 4.90 Å². The molecule has 2 fully saturated rings. The molecule has 2 aliphatic rings. The van der Waals surface area contributed by atoms with Crippen molar-refractivity contribution < 1.29 is 14.4 Å². The van der Waals surface area contributed by atoms with Crippen LogP contribution in [0.2, 0.25) is 5.02 Å². The van der Waals surface area contributed by atoms with Gasteiger partial charge in [-0.05, 0) is 35.4 Å². The van der Waals surface area contributed by atoms with Crippen LogP contribution in [0.3, 0.4) is 0 Å². The molecule has 5 rings (SSSR count). The number of fused-ring (bicyclic) bond motifs is 1. The van der Waals surface area contributed by atoms with Crippen LogP contribution < -0.4 is 5.06 Å². The predicted molar refractivity (Wildman–Crippen MR) is 113 cm³/mol. The minimum Gasteiger partial charge on any atom is -0.275 e. The Bertz CT molecular complexity index is 1070. The van der Waals surface area contributed by atoms with Gasteiger partial charge in [-0.3, -0.25) is 19.3 Å². The molecule has 0 aliphatic carbocycles. The van der Waals surface area contributed by atoms with Crippen LogP contribution in [-0.2, 0) is 21.0 Å². The second-order valence-corrected chi connectivity index (χ2v) is 7.89. The first-order valence-corrected chi connectivity index (χ1v) is 10.2. The van der Waals surface area contributed by atoms with E-state index < -0.39 is 18.1 Å². The van der Waals surface area contributed by atoms with E-state index in [1.54, 1.807) is 17.2 Å². The molecule has 0 unspecified atom stereocenters. The van der Waals surface area contributed by atoms with Crippen molar-refractivity contribution in [2.24, 2.45) is 5.92 Å². The Labute approximate surface area is 179 Å². The number of imide groups is 1. The maximum absolute atomic E-state index is 13.4. The lowest BCUT2D eigenvalue weighted by atomic mass is 9.90. The molecule has 2 amide bonds. The van der Waals surface area contributed by atoms with Gasteiger partial charge in [0.25, 0.3) is 5.91 Å². The smallest absolute Gasteiger partial charge is 0.262 e. The van der Waals surface area contributed by atoms with E-state index in [0.717, 1.165) is 16.8 Å². The lowest BCUT2D eigenvalue weighted by Crippen LogP contribution is -2.36. The summed E-state index contributed by atoms with van der Waals surface area (Å²) in [5.41, 5.74) is 2.57. The average molecular weight is 419 g/mol. The maximum Gasteiger partial charge on any atom is 0.262 e. The highest BCUT2D eigenvalue weighted by molar-refractivity contribution is 6.30. The van der Waals surface area contributed by atoms with Crippen LogP contribution in [0.1, 0.15) is 17.2 Å². The van der Waals surface area contributed by atoms with Crippen molar-refractivity contribution >= 4 is 29.1 Å². The molecule has 3 atom stereocenters. The Morgan fingerprint density at radius 1 is 0.800 bits per heavy atom. The SMILES string of the molecule is O=C1[C@@H]2[C@H](ON(c3ccc(Cl)cc3)[C@H]2c2ccccc2)C(=O)N1Cc1ccccc1. The molecule has 0 saturated carbocycles. The molecule has 0 radical (unpaired) electrons. The summed E-state index contributed by atoms with van der Waals surface area (Å²) >= 11 is 6.04. The second-order valence-electron chi connectivity index (χ2n) is 7.46. The molecular formula is C24H19ClN2O3. The topological polar surface area (TPSA) is 49.9 Å². The molecule has 5 nitrogen and oxygen atoms in total. The summed E-state index contributed by atoms with van der Waals surface area (Å²) < 4.78 is 0. The maximum atomic E-state index is 13.4. The van der Waals surface area contributed by atoms with Crippen LogP contribution in [0.4, 0.5) is 5.69 Å². The third kappa shape index (κ3) is 3.16. The number of amides is 2. The van der Waals surface area contributed by atoms with E-state index in [2.05, 4.69) is 0 Å². The Morgan fingerprint density at radius 2 is 1.43 bits per heavy atom. The van der Waals surface area contributed by atoms with Crippen molar-refractivity contribution in [1.82, 2.24) is 4.90 Å². The fourth-order valence-electron chi connectivity index (χ4n) is 4.19. The van der Waals surface area contributed by atoms with Crippen LogP contribution in [0.25, 0.3) is 0 Å². The van der Waals surface area contributed by atoms with E-state index in [1.807, 2.05) is 72.8 Å². The molecule has 30 heavy (non-hydrogen) atoms. The van der Waals surface area contributed by atoms with Crippen molar-refractivity contribution in [3.8, 4) is 0 Å². The van der Waals surface area contributed by atoms with E-state index >= 15 is 0 Å². The van der Waals surface area contributed by atoms with E-state index in [9.17, 15) is 9.59 Å². The molecule has 0 aromatic heterocycles. The molecule has 0 spiro atoms. The minimum atomic E-state index is -0.845. The zero-order chi connectivity index (χ0) is 20.7. The van der Waals surface area contributed by atoms with Crippen LogP contribution in [0.15, 0.2) is 84.9 Å². The number of hydrogen-bond acceptors (Lipinski definition) is 4. The Balaban J connectivity index is 1.51. The monoisotopic (exact) mass is 418 g/mol. The molecule has 0 bridgehead atoms. The molecule has 2 aliphatic heterocycles. The largest absolute Gasteiger partial charge is 0.275 e. The van der Waals surface area contributed by atoms with Gasteiger partial charge < -0.3 is 0 Å². The summed E-state index contributed by atoms with van der Waals surface area (Å²) in [6.45, 7) is 0.247. The summed E-state index contributed by atoms with van der Waals surface area (Å²) in [6.07, 6.45) is -0.845. The van der Waals surface area contributed by atoms with E-state index in [4.69, 9.17) is 16.4 Å². The molecule has 0 N–H and O–H groups in total. The highest BCUT2D eigenvalue weighted by Gasteiger charge is 2.59. The van der Waals surface area contributed by atoms with Gasteiger partial charge in [-0.2, -0.15) is 0 Å². The van der Waals surface area contributed by atoms with Crippen LogP contribution in [-0.4, -0.2) is 22.8 Å². The predicted octanol–water partition coefficient (Wildman–Crippen LogP) is 4.39. The number of nitrogens with zero attached hydrogens (tertiary/aromatic N) is 2. The third-order valence-corrected chi connectivity index (χ3v) is 5.86. The van der Waals surface area contributed by atoms with Gasteiger partial charge in [-0.1, -0.05) is 72.3 Å². The first kappa shape index (κ1) is 18.9. The van der Waals surface area contributed by atoms with Crippen molar-refractivity contribution in [1.29, 1.82) is 0 Å². The fourth-order valence-corrected chi connectivity index (χ4v) is 4.32. The highest BCUT2D eigenvalue weighted by atomic mass is 35.5. The van der Waals surface area contributed by atoms with Crippen LogP contribution in [0, 0.1) is 5.92 Å². The highest BCUT2D eigenvalue weighted by Crippen LogP contribution is 2.47. The molecule has 3 aromatic rings. The van der Waals surface area contributed by atoms with Crippen LogP contribution in [0.5, 0.6) is 0 Å².